The molecule has 2 bridgehead atoms. The van der Waals surface area contributed by atoms with E-state index in [0.29, 0.717) is 12.0 Å². The number of nitrogens with zero attached hydrogens (tertiary/aromatic N) is 1. The molecule has 0 amide bonds. The summed E-state index contributed by atoms with van der Waals surface area (Å²) in [4.78, 5) is 1.51. The van der Waals surface area contributed by atoms with Crippen molar-refractivity contribution in [1.82, 2.24) is 10.2 Å². The summed E-state index contributed by atoms with van der Waals surface area (Å²) >= 11 is 1.90. The molecule has 0 spiro atoms. The number of thiophene rings is 1. The number of aromatic nitrogens is 2. The van der Waals surface area contributed by atoms with Crippen LogP contribution in [0.3, 0.4) is 0 Å². The Labute approximate surface area is 139 Å². The zero-order valence-electron chi connectivity index (χ0n) is 12.8. The van der Waals surface area contributed by atoms with Crippen LogP contribution in [-0.4, -0.2) is 10.2 Å². The van der Waals surface area contributed by atoms with E-state index in [0.717, 1.165) is 17.8 Å². The van der Waals surface area contributed by atoms with Crippen molar-refractivity contribution < 1.29 is 0 Å². The van der Waals surface area contributed by atoms with Crippen LogP contribution in [0.2, 0.25) is 0 Å². The monoisotopic (exact) mass is 321 g/mol. The molecule has 3 nitrogen and oxygen atoms in total. The van der Waals surface area contributed by atoms with E-state index in [-0.39, 0.29) is 0 Å². The Kier molecular flexibility index (Phi) is 2.40. The van der Waals surface area contributed by atoms with Gasteiger partial charge in [0.15, 0.2) is 0 Å². The van der Waals surface area contributed by atoms with E-state index >= 15 is 0 Å². The molecule has 2 aromatic heterocycles. The average molecular weight is 321 g/mol. The highest BCUT2D eigenvalue weighted by molar-refractivity contribution is 7.10. The van der Waals surface area contributed by atoms with Gasteiger partial charge < -0.3 is 5.32 Å². The number of hydrogen-bond acceptors (Lipinski definition) is 3. The van der Waals surface area contributed by atoms with Crippen LogP contribution in [0.25, 0.3) is 10.9 Å². The summed E-state index contributed by atoms with van der Waals surface area (Å²) < 4.78 is 0. The Bertz CT molecular complexity index is 881. The van der Waals surface area contributed by atoms with E-state index in [2.05, 4.69) is 45.2 Å². The highest BCUT2D eigenvalue weighted by Crippen LogP contribution is 2.64. The summed E-state index contributed by atoms with van der Waals surface area (Å²) in [6, 6.07) is 9.43. The molecular weight excluding hydrogens is 302 g/mol. The third kappa shape index (κ3) is 1.57. The third-order valence-corrected chi connectivity index (χ3v) is 7.48. The fraction of sp³-hybridized carbons (Fsp3) is 0.421. The maximum absolute atomic E-state index is 4.30. The van der Waals surface area contributed by atoms with Crippen LogP contribution in [0.5, 0.6) is 0 Å². The van der Waals surface area contributed by atoms with E-state index in [1.807, 2.05) is 17.5 Å². The number of rotatable bonds is 1. The van der Waals surface area contributed by atoms with Crippen LogP contribution in [-0.2, 0) is 0 Å². The molecular formula is C19H19N3S. The number of fused-ring (bicyclic) bond motifs is 9. The van der Waals surface area contributed by atoms with Gasteiger partial charge in [-0.25, -0.2) is 0 Å². The number of anilines is 1. The van der Waals surface area contributed by atoms with Crippen molar-refractivity contribution in [2.24, 2.45) is 17.8 Å². The van der Waals surface area contributed by atoms with Gasteiger partial charge in [-0.3, -0.25) is 5.10 Å². The van der Waals surface area contributed by atoms with Gasteiger partial charge in [-0.1, -0.05) is 6.07 Å². The van der Waals surface area contributed by atoms with Crippen LogP contribution in [0.1, 0.15) is 41.7 Å². The van der Waals surface area contributed by atoms with Gasteiger partial charge in [-0.2, -0.15) is 5.10 Å². The molecule has 23 heavy (non-hydrogen) atoms. The molecule has 2 aliphatic carbocycles. The highest BCUT2D eigenvalue weighted by Gasteiger charge is 2.54. The fourth-order valence-corrected chi connectivity index (χ4v) is 6.59. The van der Waals surface area contributed by atoms with Crippen molar-refractivity contribution in [1.29, 1.82) is 0 Å². The summed E-state index contributed by atoms with van der Waals surface area (Å²) in [5.41, 5.74) is 4.06. The molecule has 5 atom stereocenters. The van der Waals surface area contributed by atoms with E-state index in [9.17, 15) is 0 Å². The first kappa shape index (κ1) is 12.6. The number of benzene rings is 1. The SMILES string of the molecule is c1csc([C@@H]2Nc3ccc4[nH]ncc4c3[C@H]3[C@@H]4CC[C@H](C4)[C@H]32)c1. The Hall–Kier alpha value is -1.81. The van der Waals surface area contributed by atoms with E-state index in [4.69, 9.17) is 0 Å². The first-order valence-electron chi connectivity index (χ1n) is 8.66. The van der Waals surface area contributed by atoms with Crippen molar-refractivity contribution in [3.8, 4) is 0 Å². The van der Waals surface area contributed by atoms with Gasteiger partial charge in [-0.15, -0.1) is 11.3 Å². The number of H-pyrrole nitrogens is 1. The fourth-order valence-electron chi connectivity index (χ4n) is 5.76. The number of aromatic amines is 1. The molecule has 2 fully saturated rings. The van der Waals surface area contributed by atoms with Gasteiger partial charge in [0.05, 0.1) is 17.8 Å². The second kappa shape index (κ2) is 4.38. The molecule has 0 radical (unpaired) electrons. The second-order valence-corrected chi connectivity index (χ2v) is 8.41. The quantitative estimate of drug-likeness (QED) is 0.668. The minimum Gasteiger partial charge on any atom is -0.377 e. The van der Waals surface area contributed by atoms with Gasteiger partial charge in [-0.05, 0) is 72.1 Å². The molecule has 0 unspecified atom stereocenters. The standard InChI is InChI=1S/C19H19N3S/c1-2-15(23-7-1)19-17-11-4-3-10(8-11)16(17)18-12-9-20-22-13(12)5-6-14(18)21-19/h1-2,5-7,9-11,16-17,19,21H,3-4,8H2,(H,20,22)/t10-,11-,16+,17-,19+/m1/s1. The van der Waals surface area contributed by atoms with Crippen LogP contribution in [0, 0.1) is 17.8 Å². The molecule has 3 aliphatic rings. The Morgan fingerprint density at radius 2 is 2.09 bits per heavy atom. The summed E-state index contributed by atoms with van der Waals surface area (Å²) in [5, 5.41) is 14.9. The smallest absolute Gasteiger partial charge is 0.0654 e. The predicted octanol–water partition coefficient (Wildman–Crippen LogP) is 4.92. The Balaban J connectivity index is 1.60. The molecule has 1 aromatic carbocycles. The lowest BCUT2D eigenvalue weighted by atomic mass is 9.68. The number of nitrogens with one attached hydrogen (secondary N) is 2. The first-order chi connectivity index (χ1) is 11.4. The summed E-state index contributed by atoms with van der Waals surface area (Å²) in [6.07, 6.45) is 6.29. The largest absolute Gasteiger partial charge is 0.377 e. The van der Waals surface area contributed by atoms with Crippen molar-refractivity contribution >= 4 is 27.9 Å². The molecule has 6 rings (SSSR count). The summed E-state index contributed by atoms with van der Waals surface area (Å²) in [6.45, 7) is 0. The Morgan fingerprint density at radius 1 is 1.13 bits per heavy atom. The van der Waals surface area contributed by atoms with Crippen LogP contribution in [0.4, 0.5) is 5.69 Å². The van der Waals surface area contributed by atoms with Gasteiger partial charge >= 0.3 is 0 Å². The normalized spacial score (nSPS) is 34.3. The van der Waals surface area contributed by atoms with Crippen molar-refractivity contribution in [3.63, 3.8) is 0 Å². The zero-order valence-corrected chi connectivity index (χ0v) is 13.6. The lowest BCUT2D eigenvalue weighted by Gasteiger charge is -2.43. The van der Waals surface area contributed by atoms with Crippen LogP contribution < -0.4 is 5.32 Å². The lowest BCUT2D eigenvalue weighted by Crippen LogP contribution is -2.35. The van der Waals surface area contributed by atoms with E-state index in [1.165, 1.54) is 40.7 Å². The maximum atomic E-state index is 4.30. The number of hydrogen-bond donors (Lipinski definition) is 2. The van der Waals surface area contributed by atoms with Crippen LogP contribution in [0.15, 0.2) is 35.8 Å². The topological polar surface area (TPSA) is 40.7 Å². The van der Waals surface area contributed by atoms with Crippen molar-refractivity contribution in [2.45, 2.75) is 31.2 Å². The van der Waals surface area contributed by atoms with E-state index in [1.54, 1.807) is 5.56 Å². The lowest BCUT2D eigenvalue weighted by molar-refractivity contribution is 0.251. The highest BCUT2D eigenvalue weighted by atomic mass is 32.1. The van der Waals surface area contributed by atoms with E-state index < -0.39 is 0 Å². The van der Waals surface area contributed by atoms with Crippen molar-refractivity contribution in [2.75, 3.05) is 5.32 Å². The van der Waals surface area contributed by atoms with Gasteiger partial charge in [0.25, 0.3) is 0 Å². The third-order valence-electron chi connectivity index (χ3n) is 6.53. The first-order valence-corrected chi connectivity index (χ1v) is 9.54. The maximum Gasteiger partial charge on any atom is 0.0654 e. The average Bonchev–Trinajstić information content (AvgIpc) is 3.37. The minimum absolute atomic E-state index is 0.493. The zero-order chi connectivity index (χ0) is 15.0. The molecule has 4 heteroatoms. The molecule has 116 valence electrons. The van der Waals surface area contributed by atoms with Gasteiger partial charge in [0, 0.05) is 16.0 Å². The van der Waals surface area contributed by atoms with Gasteiger partial charge in [0.2, 0.25) is 0 Å². The summed E-state index contributed by atoms with van der Waals surface area (Å²) in [7, 11) is 0. The molecule has 2 saturated carbocycles. The summed E-state index contributed by atoms with van der Waals surface area (Å²) in [5.74, 6) is 3.22. The minimum atomic E-state index is 0.493. The van der Waals surface area contributed by atoms with Crippen LogP contribution >= 0.6 is 11.3 Å². The molecule has 3 heterocycles. The molecule has 1 aliphatic heterocycles. The molecule has 0 saturated heterocycles. The molecule has 3 aromatic rings. The second-order valence-electron chi connectivity index (χ2n) is 7.43. The predicted molar refractivity (Wildman–Crippen MR) is 93.8 cm³/mol. The van der Waals surface area contributed by atoms with Crippen molar-refractivity contribution in [3.05, 3.63) is 46.3 Å². The molecule has 2 N–H and O–H groups in total. The Morgan fingerprint density at radius 3 is 3.00 bits per heavy atom. The van der Waals surface area contributed by atoms with Gasteiger partial charge in [0.1, 0.15) is 0 Å².